The molecule has 2 N–H and O–H groups in total. The molecule has 0 aliphatic carbocycles. The number of hydrogen-bond acceptors (Lipinski definition) is 6. The highest BCUT2D eigenvalue weighted by Crippen LogP contribution is 2.28. The highest BCUT2D eigenvalue weighted by molar-refractivity contribution is 5.88. The van der Waals surface area contributed by atoms with Gasteiger partial charge in [-0.25, -0.2) is 9.97 Å². The number of benzene rings is 1. The van der Waals surface area contributed by atoms with E-state index < -0.39 is 0 Å². The van der Waals surface area contributed by atoms with Gasteiger partial charge in [0.2, 0.25) is 5.95 Å². The fourth-order valence-corrected chi connectivity index (χ4v) is 3.36. The summed E-state index contributed by atoms with van der Waals surface area (Å²) in [4.78, 5) is 19.5. The van der Waals surface area contributed by atoms with Gasteiger partial charge in [0, 0.05) is 25.2 Å². The summed E-state index contributed by atoms with van der Waals surface area (Å²) >= 11 is 0. The lowest BCUT2D eigenvalue weighted by Crippen LogP contribution is -2.31. The Labute approximate surface area is 166 Å². The van der Waals surface area contributed by atoms with E-state index in [0.29, 0.717) is 11.6 Å². The van der Waals surface area contributed by atoms with Gasteiger partial charge in [-0.05, 0) is 36.7 Å². The number of fused-ring (bicyclic) bond motifs is 1. The molecule has 1 unspecified atom stereocenters. The maximum atomic E-state index is 5.27. The van der Waals surface area contributed by atoms with E-state index in [0.717, 1.165) is 61.1 Å². The molecule has 1 atom stereocenters. The van der Waals surface area contributed by atoms with E-state index in [4.69, 9.17) is 14.7 Å². The van der Waals surface area contributed by atoms with Gasteiger partial charge in [0.05, 0.1) is 13.4 Å². The van der Waals surface area contributed by atoms with Crippen molar-refractivity contribution in [2.45, 2.75) is 27.2 Å². The number of imidazole rings is 1. The number of anilines is 1. The van der Waals surface area contributed by atoms with E-state index in [9.17, 15) is 0 Å². The Morgan fingerprint density at radius 2 is 1.96 bits per heavy atom. The van der Waals surface area contributed by atoms with Gasteiger partial charge in [-0.3, -0.25) is 0 Å². The van der Waals surface area contributed by atoms with E-state index in [-0.39, 0.29) is 0 Å². The minimum atomic E-state index is 0.598. The Kier molecular flexibility index (Phi) is 6.81. The van der Waals surface area contributed by atoms with E-state index in [1.807, 2.05) is 38.1 Å². The zero-order chi connectivity index (χ0) is 19.9. The highest BCUT2D eigenvalue weighted by Gasteiger charge is 2.21. The van der Waals surface area contributed by atoms with Gasteiger partial charge in [0.25, 0.3) is 0 Å². The molecule has 0 amide bonds. The molecule has 7 heteroatoms. The SMILES string of the molecule is CC.CCC1CNCCN(c2nc(-c3ccc(OC)cc3)c3[nH]cnc3n2)C1. The summed E-state index contributed by atoms with van der Waals surface area (Å²) in [6, 6.07) is 7.93. The zero-order valence-corrected chi connectivity index (χ0v) is 17.2. The fourth-order valence-electron chi connectivity index (χ4n) is 3.36. The summed E-state index contributed by atoms with van der Waals surface area (Å²) in [6.07, 6.45) is 2.81. The quantitative estimate of drug-likeness (QED) is 0.719. The van der Waals surface area contributed by atoms with Crippen LogP contribution >= 0.6 is 0 Å². The normalized spacial score (nSPS) is 17.0. The van der Waals surface area contributed by atoms with Crippen LogP contribution in [0.4, 0.5) is 5.95 Å². The molecule has 150 valence electrons. The van der Waals surface area contributed by atoms with Crippen LogP contribution in [0.1, 0.15) is 27.2 Å². The first kappa shape index (κ1) is 20.1. The highest BCUT2D eigenvalue weighted by atomic mass is 16.5. The second-order valence-electron chi connectivity index (χ2n) is 6.63. The minimum absolute atomic E-state index is 0.598. The number of aromatic amines is 1. The van der Waals surface area contributed by atoms with Crippen molar-refractivity contribution in [3.05, 3.63) is 30.6 Å². The molecular formula is C21H30N6O. The lowest BCUT2D eigenvalue weighted by Gasteiger charge is -2.23. The zero-order valence-electron chi connectivity index (χ0n) is 17.2. The van der Waals surface area contributed by atoms with Crippen LogP contribution in [0.5, 0.6) is 5.75 Å². The van der Waals surface area contributed by atoms with Crippen LogP contribution in [-0.2, 0) is 0 Å². The number of H-pyrrole nitrogens is 1. The molecule has 2 aromatic heterocycles. The third-order valence-electron chi connectivity index (χ3n) is 4.97. The minimum Gasteiger partial charge on any atom is -0.497 e. The summed E-state index contributed by atoms with van der Waals surface area (Å²) in [5, 5.41) is 3.51. The second kappa shape index (κ2) is 9.50. The molecule has 0 bridgehead atoms. The van der Waals surface area contributed by atoms with Crippen LogP contribution in [-0.4, -0.2) is 53.2 Å². The predicted molar refractivity (Wildman–Crippen MR) is 114 cm³/mol. The van der Waals surface area contributed by atoms with Crippen LogP contribution in [0.3, 0.4) is 0 Å². The van der Waals surface area contributed by atoms with Gasteiger partial charge in [-0.15, -0.1) is 0 Å². The Hall–Kier alpha value is -2.67. The molecule has 1 saturated heterocycles. The molecule has 1 aliphatic rings. The maximum Gasteiger partial charge on any atom is 0.228 e. The second-order valence-corrected chi connectivity index (χ2v) is 6.63. The summed E-state index contributed by atoms with van der Waals surface area (Å²) < 4.78 is 5.27. The summed E-state index contributed by atoms with van der Waals surface area (Å²) in [7, 11) is 1.67. The number of aromatic nitrogens is 4. The first-order valence-corrected chi connectivity index (χ1v) is 10.1. The number of nitrogens with zero attached hydrogens (tertiary/aromatic N) is 4. The van der Waals surface area contributed by atoms with Crippen molar-refractivity contribution in [2.75, 3.05) is 38.2 Å². The third kappa shape index (κ3) is 4.25. The van der Waals surface area contributed by atoms with Crippen molar-refractivity contribution in [3.63, 3.8) is 0 Å². The van der Waals surface area contributed by atoms with E-state index in [2.05, 4.69) is 27.1 Å². The molecule has 3 aromatic rings. The van der Waals surface area contributed by atoms with E-state index >= 15 is 0 Å². The molecule has 1 aromatic carbocycles. The molecular weight excluding hydrogens is 352 g/mol. The number of rotatable bonds is 4. The van der Waals surface area contributed by atoms with Crippen LogP contribution in [0.2, 0.25) is 0 Å². The van der Waals surface area contributed by atoms with Crippen molar-refractivity contribution < 1.29 is 4.74 Å². The molecule has 0 radical (unpaired) electrons. The molecule has 3 heterocycles. The van der Waals surface area contributed by atoms with Crippen LogP contribution < -0.4 is 15.0 Å². The lowest BCUT2D eigenvalue weighted by atomic mass is 10.1. The Bertz CT molecular complexity index is 876. The smallest absolute Gasteiger partial charge is 0.228 e. The lowest BCUT2D eigenvalue weighted by molar-refractivity contribution is 0.415. The van der Waals surface area contributed by atoms with Crippen LogP contribution in [0.15, 0.2) is 30.6 Å². The average molecular weight is 383 g/mol. The molecule has 0 saturated carbocycles. The van der Waals surface area contributed by atoms with Crippen molar-refractivity contribution in [1.29, 1.82) is 0 Å². The molecule has 28 heavy (non-hydrogen) atoms. The molecule has 4 rings (SSSR count). The summed E-state index contributed by atoms with van der Waals surface area (Å²) in [5.74, 6) is 2.17. The van der Waals surface area contributed by atoms with Gasteiger partial charge >= 0.3 is 0 Å². The standard InChI is InChI=1S/C19H24N6O.C2H6/c1-3-13-10-20-8-9-25(11-13)19-23-16(17-18(24-19)22-12-21-17)14-4-6-15(26-2)7-5-14;1-2/h4-7,12-13,20H,3,8-11H2,1-2H3,(H,21,22,23,24);1-2H3. The summed E-state index contributed by atoms with van der Waals surface area (Å²) in [6.45, 7) is 10.1. The first-order valence-electron chi connectivity index (χ1n) is 10.1. The van der Waals surface area contributed by atoms with Gasteiger partial charge in [0.15, 0.2) is 5.65 Å². The Morgan fingerprint density at radius 1 is 1.18 bits per heavy atom. The third-order valence-corrected chi connectivity index (χ3v) is 4.97. The van der Waals surface area contributed by atoms with Crippen molar-refractivity contribution >= 4 is 17.1 Å². The largest absolute Gasteiger partial charge is 0.497 e. The van der Waals surface area contributed by atoms with E-state index in [1.54, 1.807) is 13.4 Å². The Balaban J connectivity index is 0.00000109. The predicted octanol–water partition coefficient (Wildman–Crippen LogP) is 3.49. The van der Waals surface area contributed by atoms with Gasteiger partial charge < -0.3 is 19.9 Å². The van der Waals surface area contributed by atoms with Gasteiger partial charge in [-0.1, -0.05) is 27.2 Å². The number of ether oxygens (including phenoxy) is 1. The van der Waals surface area contributed by atoms with E-state index in [1.165, 1.54) is 0 Å². The van der Waals surface area contributed by atoms with Crippen LogP contribution in [0, 0.1) is 5.92 Å². The monoisotopic (exact) mass is 382 g/mol. The van der Waals surface area contributed by atoms with Crippen LogP contribution in [0.25, 0.3) is 22.4 Å². The van der Waals surface area contributed by atoms with Crippen molar-refractivity contribution in [2.24, 2.45) is 5.92 Å². The average Bonchev–Trinajstić information content (AvgIpc) is 3.11. The number of hydrogen-bond donors (Lipinski definition) is 2. The molecule has 1 fully saturated rings. The van der Waals surface area contributed by atoms with Crippen molar-refractivity contribution in [1.82, 2.24) is 25.3 Å². The molecule has 1 aliphatic heterocycles. The summed E-state index contributed by atoms with van der Waals surface area (Å²) in [5.41, 5.74) is 3.45. The first-order chi connectivity index (χ1) is 13.8. The van der Waals surface area contributed by atoms with Gasteiger partial charge in [-0.2, -0.15) is 4.98 Å². The topological polar surface area (TPSA) is 79.0 Å². The van der Waals surface area contributed by atoms with Crippen molar-refractivity contribution in [3.8, 4) is 17.0 Å². The Morgan fingerprint density at radius 3 is 2.68 bits per heavy atom. The van der Waals surface area contributed by atoms with Gasteiger partial charge in [0.1, 0.15) is 17.0 Å². The molecule has 0 spiro atoms. The fraction of sp³-hybridized carbons (Fsp3) is 0.476. The number of methoxy groups -OCH3 is 1. The molecule has 7 nitrogen and oxygen atoms in total. The maximum absolute atomic E-state index is 5.27. The number of nitrogens with one attached hydrogen (secondary N) is 2.